The Bertz CT molecular complexity index is 1520. The Kier molecular flexibility index (Phi) is 8.39. The fraction of sp³-hybridized carbons (Fsp3) is 0.382. The van der Waals surface area contributed by atoms with Crippen molar-refractivity contribution in [1.29, 1.82) is 0 Å². The van der Waals surface area contributed by atoms with Crippen molar-refractivity contribution < 1.29 is 4.79 Å². The molecule has 3 aromatic carbocycles. The highest BCUT2D eigenvalue weighted by Crippen LogP contribution is 2.30. The van der Waals surface area contributed by atoms with Crippen LogP contribution in [0, 0.1) is 25.2 Å². The van der Waals surface area contributed by atoms with Gasteiger partial charge in [0.15, 0.2) is 0 Å². The van der Waals surface area contributed by atoms with Crippen molar-refractivity contribution in [2.24, 2.45) is 11.3 Å². The van der Waals surface area contributed by atoms with E-state index in [4.69, 9.17) is 4.98 Å². The molecular weight excluding hydrogens is 482 g/mol. The molecule has 1 heterocycles. The maximum Gasteiger partial charge on any atom is 0.266 e. The summed E-state index contributed by atoms with van der Waals surface area (Å²) in [5.41, 5.74) is 4.54. The van der Waals surface area contributed by atoms with Gasteiger partial charge in [-0.3, -0.25) is 14.2 Å². The fourth-order valence-corrected chi connectivity index (χ4v) is 5.52. The van der Waals surface area contributed by atoms with Gasteiger partial charge in [-0.25, -0.2) is 4.98 Å². The Morgan fingerprint density at radius 2 is 1.62 bits per heavy atom. The second-order valence-electron chi connectivity index (χ2n) is 12.2. The summed E-state index contributed by atoms with van der Waals surface area (Å²) in [4.78, 5) is 34.9. The van der Waals surface area contributed by atoms with Crippen LogP contribution in [0.15, 0.2) is 77.6 Å². The number of para-hydroxylation sites is 1. The molecule has 0 spiro atoms. The summed E-state index contributed by atoms with van der Waals surface area (Å²) in [6.45, 7) is 15.2. The number of aromatic nitrogens is 2. The zero-order valence-electron chi connectivity index (χ0n) is 24.4. The van der Waals surface area contributed by atoms with Crippen LogP contribution < -0.4 is 5.56 Å². The number of aryl methyl sites for hydroxylation is 2. The van der Waals surface area contributed by atoms with Crippen molar-refractivity contribution in [3.63, 3.8) is 0 Å². The van der Waals surface area contributed by atoms with Crippen LogP contribution in [0.4, 0.5) is 0 Å². The van der Waals surface area contributed by atoms with E-state index in [2.05, 4.69) is 27.7 Å². The lowest BCUT2D eigenvalue weighted by Crippen LogP contribution is -2.38. The quantitative estimate of drug-likeness (QED) is 0.239. The minimum absolute atomic E-state index is 0.0676. The van der Waals surface area contributed by atoms with E-state index in [9.17, 15) is 9.59 Å². The molecule has 0 N–H and O–H groups in total. The van der Waals surface area contributed by atoms with Crippen LogP contribution in [0.2, 0.25) is 0 Å². The molecule has 5 nitrogen and oxygen atoms in total. The zero-order chi connectivity index (χ0) is 28.3. The normalized spacial score (nSPS) is 13.3. The van der Waals surface area contributed by atoms with Gasteiger partial charge < -0.3 is 4.90 Å². The van der Waals surface area contributed by atoms with Gasteiger partial charge in [-0.05, 0) is 73.4 Å². The first kappa shape index (κ1) is 28.3. The molecular formula is C34H41N3O2. The van der Waals surface area contributed by atoms with Gasteiger partial charge in [0.05, 0.1) is 22.6 Å². The summed E-state index contributed by atoms with van der Waals surface area (Å²) in [6, 6.07) is 23.2. The number of amides is 1. The summed E-state index contributed by atoms with van der Waals surface area (Å²) in [6.07, 6.45) is 1.39. The first-order chi connectivity index (χ1) is 18.4. The second kappa shape index (κ2) is 11.6. The number of hydrogen-bond acceptors (Lipinski definition) is 3. The molecule has 0 fully saturated rings. The Morgan fingerprint density at radius 1 is 0.949 bits per heavy atom. The van der Waals surface area contributed by atoms with Crippen molar-refractivity contribution in [3.8, 4) is 5.69 Å². The minimum atomic E-state index is -0.434. The van der Waals surface area contributed by atoms with Gasteiger partial charge in [-0.1, -0.05) is 82.3 Å². The molecule has 39 heavy (non-hydrogen) atoms. The minimum Gasteiger partial charge on any atom is -0.328 e. The van der Waals surface area contributed by atoms with Crippen molar-refractivity contribution >= 4 is 16.8 Å². The highest BCUT2D eigenvalue weighted by Gasteiger charge is 2.29. The van der Waals surface area contributed by atoms with Crippen molar-refractivity contribution in [3.05, 3.63) is 106 Å². The molecule has 0 aliphatic rings. The molecule has 4 aromatic rings. The molecule has 2 unspecified atom stereocenters. The number of carbonyl (C=O) groups excluding carboxylic acids is 1. The van der Waals surface area contributed by atoms with Gasteiger partial charge >= 0.3 is 0 Å². The second-order valence-corrected chi connectivity index (χ2v) is 12.2. The van der Waals surface area contributed by atoms with Gasteiger partial charge in [0.25, 0.3) is 5.56 Å². The summed E-state index contributed by atoms with van der Waals surface area (Å²) in [7, 11) is 0. The average molecular weight is 524 g/mol. The third-order valence-electron chi connectivity index (χ3n) is 7.25. The predicted octanol–water partition coefficient (Wildman–Crippen LogP) is 7.55. The standard InChI is InChI=1S/C34H41N3O2/c1-23-17-18-25(3)30(19-23)37-32(35-29-16-12-11-15-28(29)33(37)39)26(4)36(22-27-13-9-8-10-14-27)31(38)20-24(2)21-34(5,6)7/h8-19,24,26H,20-22H2,1-7H3. The predicted molar refractivity (Wildman–Crippen MR) is 160 cm³/mol. The molecule has 1 aromatic heterocycles. The highest BCUT2D eigenvalue weighted by molar-refractivity contribution is 5.79. The van der Waals surface area contributed by atoms with E-state index >= 15 is 0 Å². The smallest absolute Gasteiger partial charge is 0.266 e. The van der Waals surface area contributed by atoms with Crippen LogP contribution in [-0.4, -0.2) is 20.4 Å². The van der Waals surface area contributed by atoms with Gasteiger partial charge in [-0.2, -0.15) is 0 Å². The van der Waals surface area contributed by atoms with E-state index in [1.165, 1.54) is 0 Å². The maximum atomic E-state index is 14.0. The van der Waals surface area contributed by atoms with Crippen LogP contribution in [0.1, 0.15) is 76.0 Å². The molecule has 0 saturated carbocycles. The molecule has 1 amide bonds. The summed E-state index contributed by atoms with van der Waals surface area (Å²) in [5, 5.41) is 0.564. The molecule has 0 aliphatic heterocycles. The van der Waals surface area contributed by atoms with Gasteiger partial charge in [0.2, 0.25) is 5.91 Å². The fourth-order valence-electron chi connectivity index (χ4n) is 5.52. The average Bonchev–Trinajstić information content (AvgIpc) is 2.88. The van der Waals surface area contributed by atoms with Gasteiger partial charge in [-0.15, -0.1) is 0 Å². The van der Waals surface area contributed by atoms with Crippen LogP contribution in [0.5, 0.6) is 0 Å². The Morgan fingerprint density at radius 3 is 2.31 bits per heavy atom. The molecule has 5 heteroatoms. The number of nitrogens with zero attached hydrogens (tertiary/aromatic N) is 3. The van der Waals surface area contributed by atoms with Crippen LogP contribution in [0.25, 0.3) is 16.6 Å². The third kappa shape index (κ3) is 6.65. The lowest BCUT2D eigenvalue weighted by molar-refractivity contribution is -0.135. The number of rotatable bonds is 8. The number of fused-ring (bicyclic) bond motifs is 1. The van der Waals surface area contributed by atoms with Gasteiger partial charge in [0, 0.05) is 13.0 Å². The number of carbonyl (C=O) groups is 1. The van der Waals surface area contributed by atoms with E-state index in [0.717, 1.165) is 28.8 Å². The molecule has 0 radical (unpaired) electrons. The zero-order valence-corrected chi connectivity index (χ0v) is 24.4. The molecule has 204 valence electrons. The largest absolute Gasteiger partial charge is 0.328 e. The van der Waals surface area contributed by atoms with Crippen LogP contribution in [0.3, 0.4) is 0 Å². The summed E-state index contributed by atoms with van der Waals surface area (Å²) < 4.78 is 1.72. The van der Waals surface area contributed by atoms with E-state index in [1.807, 2.05) is 98.5 Å². The van der Waals surface area contributed by atoms with Gasteiger partial charge in [0.1, 0.15) is 5.82 Å². The van der Waals surface area contributed by atoms with E-state index in [1.54, 1.807) is 4.57 Å². The van der Waals surface area contributed by atoms with E-state index < -0.39 is 6.04 Å². The lowest BCUT2D eigenvalue weighted by Gasteiger charge is -2.32. The molecule has 2 atom stereocenters. The first-order valence-corrected chi connectivity index (χ1v) is 13.9. The highest BCUT2D eigenvalue weighted by atomic mass is 16.2. The van der Waals surface area contributed by atoms with Crippen molar-refractivity contribution in [1.82, 2.24) is 14.5 Å². The maximum absolute atomic E-state index is 14.0. The molecule has 0 aliphatic carbocycles. The molecule has 0 saturated heterocycles. The Labute approximate surface area is 232 Å². The summed E-state index contributed by atoms with van der Waals surface area (Å²) >= 11 is 0. The number of benzene rings is 3. The van der Waals surface area contributed by atoms with Crippen LogP contribution in [-0.2, 0) is 11.3 Å². The third-order valence-corrected chi connectivity index (χ3v) is 7.25. The first-order valence-electron chi connectivity index (χ1n) is 13.9. The lowest BCUT2D eigenvalue weighted by atomic mass is 9.84. The SMILES string of the molecule is Cc1ccc(C)c(-n2c(C(C)N(Cc3ccccc3)C(=O)CC(C)CC(C)(C)C)nc3ccccc3c2=O)c1. The Balaban J connectivity index is 1.87. The Hall–Kier alpha value is -3.73. The molecule has 0 bridgehead atoms. The van der Waals surface area contributed by atoms with Crippen molar-refractivity contribution in [2.45, 2.75) is 73.9 Å². The topological polar surface area (TPSA) is 55.2 Å². The number of hydrogen-bond donors (Lipinski definition) is 0. The monoisotopic (exact) mass is 523 g/mol. The molecule has 4 rings (SSSR count). The summed E-state index contributed by atoms with van der Waals surface area (Å²) in [5.74, 6) is 0.868. The van der Waals surface area contributed by atoms with E-state index in [-0.39, 0.29) is 22.8 Å². The van der Waals surface area contributed by atoms with Crippen molar-refractivity contribution in [2.75, 3.05) is 0 Å². The van der Waals surface area contributed by atoms with Crippen LogP contribution >= 0.6 is 0 Å². The van der Waals surface area contributed by atoms with E-state index in [0.29, 0.717) is 29.7 Å².